The monoisotopic (exact) mass is 468 g/mol. The van der Waals surface area contributed by atoms with Crippen LogP contribution in [0.2, 0.25) is 0 Å². The molecule has 1 rings (SSSR count). The third-order valence-corrected chi connectivity index (χ3v) is 4.75. The zero-order valence-corrected chi connectivity index (χ0v) is 18.7. The van der Waals surface area contributed by atoms with Crippen LogP contribution in [0.4, 0.5) is 0 Å². The maximum absolute atomic E-state index is 9.22. The number of aliphatic hydroxyl groups is 1. The van der Waals surface area contributed by atoms with E-state index in [0.29, 0.717) is 18.4 Å². The fourth-order valence-corrected chi connectivity index (χ4v) is 3.35. The van der Waals surface area contributed by atoms with Crippen LogP contribution in [-0.4, -0.2) is 35.7 Å². The van der Waals surface area contributed by atoms with E-state index in [2.05, 4.69) is 48.3 Å². The van der Waals surface area contributed by atoms with Crippen molar-refractivity contribution < 1.29 is 5.11 Å². The van der Waals surface area contributed by atoms with Gasteiger partial charge in [0.1, 0.15) is 5.01 Å². The van der Waals surface area contributed by atoms with Crippen molar-refractivity contribution in [2.24, 2.45) is 16.8 Å². The van der Waals surface area contributed by atoms with E-state index in [4.69, 9.17) is 0 Å². The molecule has 0 aromatic carbocycles. The summed E-state index contributed by atoms with van der Waals surface area (Å²) in [6, 6.07) is 0. The average Bonchev–Trinajstić information content (AvgIpc) is 2.80. The summed E-state index contributed by atoms with van der Waals surface area (Å²) in [6.07, 6.45) is 1.94. The lowest BCUT2D eigenvalue weighted by Crippen LogP contribution is -2.40. The van der Waals surface area contributed by atoms with Gasteiger partial charge in [-0.25, -0.2) is 9.98 Å². The minimum absolute atomic E-state index is 0. The first-order chi connectivity index (χ1) is 11.0. The molecule has 0 saturated carbocycles. The minimum Gasteiger partial charge on any atom is -0.396 e. The smallest absolute Gasteiger partial charge is 0.191 e. The predicted octanol–water partition coefficient (Wildman–Crippen LogP) is 3.48. The Labute approximate surface area is 167 Å². The van der Waals surface area contributed by atoms with Gasteiger partial charge < -0.3 is 15.7 Å². The summed E-state index contributed by atoms with van der Waals surface area (Å²) in [5.41, 5.74) is 1.10. The van der Waals surface area contributed by atoms with Crippen molar-refractivity contribution in [3.8, 4) is 0 Å². The molecule has 0 aliphatic rings. The molecule has 3 N–H and O–H groups in total. The first-order valence-corrected chi connectivity index (χ1v) is 9.33. The van der Waals surface area contributed by atoms with Crippen LogP contribution < -0.4 is 10.6 Å². The van der Waals surface area contributed by atoms with Crippen molar-refractivity contribution >= 4 is 41.3 Å². The van der Waals surface area contributed by atoms with E-state index >= 15 is 0 Å². The van der Waals surface area contributed by atoms with Gasteiger partial charge in [0.05, 0.1) is 12.2 Å². The van der Waals surface area contributed by atoms with Gasteiger partial charge >= 0.3 is 0 Å². The van der Waals surface area contributed by atoms with Gasteiger partial charge in [-0.15, -0.1) is 35.3 Å². The van der Waals surface area contributed by atoms with Crippen LogP contribution in [0, 0.1) is 25.7 Å². The highest BCUT2D eigenvalue weighted by Crippen LogP contribution is 2.17. The van der Waals surface area contributed by atoms with E-state index < -0.39 is 0 Å². The number of aryl methyl sites for hydroxylation is 2. The van der Waals surface area contributed by atoms with Crippen LogP contribution in [0.25, 0.3) is 0 Å². The molecule has 140 valence electrons. The van der Waals surface area contributed by atoms with Gasteiger partial charge in [0.25, 0.3) is 0 Å². The van der Waals surface area contributed by atoms with E-state index in [-0.39, 0.29) is 30.6 Å². The quantitative estimate of drug-likeness (QED) is 0.295. The van der Waals surface area contributed by atoms with Crippen LogP contribution in [-0.2, 0) is 6.54 Å². The summed E-state index contributed by atoms with van der Waals surface area (Å²) < 4.78 is 0. The lowest BCUT2D eigenvalue weighted by molar-refractivity contribution is 0.243. The van der Waals surface area contributed by atoms with Crippen LogP contribution in [0.5, 0.6) is 0 Å². The molecule has 7 heteroatoms. The van der Waals surface area contributed by atoms with Crippen LogP contribution in [0.1, 0.15) is 49.2 Å². The van der Waals surface area contributed by atoms with Gasteiger partial charge in [-0.05, 0) is 45.4 Å². The fraction of sp³-hybridized carbons (Fsp3) is 0.765. The van der Waals surface area contributed by atoms with E-state index in [1.807, 2.05) is 6.92 Å². The van der Waals surface area contributed by atoms with Crippen molar-refractivity contribution in [2.45, 2.75) is 54.0 Å². The fourth-order valence-electron chi connectivity index (χ4n) is 2.49. The maximum Gasteiger partial charge on any atom is 0.191 e. The number of nitrogens with one attached hydrogen (secondary N) is 2. The molecule has 0 radical (unpaired) electrons. The Morgan fingerprint density at radius 2 is 2.00 bits per heavy atom. The zero-order chi connectivity index (χ0) is 17.2. The SMILES string of the molecule is CCNC(=NCc1nc(C)c(C)s1)NCC(CCO)CC(C)C.I. The molecule has 0 aliphatic carbocycles. The molecule has 1 heterocycles. The van der Waals surface area contributed by atoms with Crippen molar-refractivity contribution in [1.82, 2.24) is 15.6 Å². The zero-order valence-electron chi connectivity index (χ0n) is 15.6. The van der Waals surface area contributed by atoms with Crippen molar-refractivity contribution in [1.29, 1.82) is 0 Å². The molecule has 0 bridgehead atoms. The summed E-state index contributed by atoms with van der Waals surface area (Å²) in [5.74, 6) is 1.92. The van der Waals surface area contributed by atoms with E-state index in [1.54, 1.807) is 11.3 Å². The Morgan fingerprint density at radius 3 is 2.50 bits per heavy atom. The molecule has 0 amide bonds. The molecule has 0 spiro atoms. The molecular weight excluding hydrogens is 435 g/mol. The van der Waals surface area contributed by atoms with Gasteiger partial charge in [-0.2, -0.15) is 0 Å². The lowest BCUT2D eigenvalue weighted by Gasteiger charge is -2.20. The number of aromatic nitrogens is 1. The van der Waals surface area contributed by atoms with Crippen molar-refractivity contribution in [2.75, 3.05) is 19.7 Å². The van der Waals surface area contributed by atoms with Crippen molar-refractivity contribution in [3.05, 3.63) is 15.6 Å². The van der Waals surface area contributed by atoms with Crippen LogP contribution in [0.15, 0.2) is 4.99 Å². The summed E-state index contributed by atoms with van der Waals surface area (Å²) in [4.78, 5) is 10.4. The van der Waals surface area contributed by atoms with E-state index in [9.17, 15) is 5.11 Å². The van der Waals surface area contributed by atoms with Crippen molar-refractivity contribution in [3.63, 3.8) is 0 Å². The molecule has 0 saturated heterocycles. The highest BCUT2D eigenvalue weighted by atomic mass is 127. The van der Waals surface area contributed by atoms with Crippen LogP contribution >= 0.6 is 35.3 Å². The predicted molar refractivity (Wildman–Crippen MR) is 114 cm³/mol. The number of halogens is 1. The maximum atomic E-state index is 9.22. The number of nitrogens with zero attached hydrogens (tertiary/aromatic N) is 2. The molecular formula is C17H33IN4OS. The summed E-state index contributed by atoms with van der Waals surface area (Å²) in [7, 11) is 0. The molecule has 5 nitrogen and oxygen atoms in total. The Morgan fingerprint density at radius 1 is 1.29 bits per heavy atom. The number of thiazole rings is 1. The second-order valence-corrected chi connectivity index (χ2v) is 7.62. The molecule has 1 aromatic rings. The van der Waals surface area contributed by atoms with Gasteiger partial charge in [0.2, 0.25) is 0 Å². The topological polar surface area (TPSA) is 69.5 Å². The largest absolute Gasteiger partial charge is 0.396 e. The standard InChI is InChI=1S/C17H32N4OS.HI/c1-6-18-17(19-10-15(7-8-22)9-12(2)3)20-11-16-21-13(4)14(5)23-16;/h12,15,22H,6-11H2,1-5H3,(H2,18,19,20);1H. The molecule has 1 atom stereocenters. The number of guanidine groups is 1. The minimum atomic E-state index is 0. The second-order valence-electron chi connectivity index (χ2n) is 6.33. The number of aliphatic imine (C=N–C) groups is 1. The van der Waals surface area contributed by atoms with E-state index in [0.717, 1.165) is 42.6 Å². The Bertz CT molecular complexity index is 471. The average molecular weight is 468 g/mol. The first-order valence-electron chi connectivity index (χ1n) is 8.52. The molecule has 1 unspecified atom stereocenters. The molecule has 0 fully saturated rings. The number of hydrogen-bond acceptors (Lipinski definition) is 4. The van der Waals surface area contributed by atoms with Gasteiger partial charge in [-0.1, -0.05) is 13.8 Å². The Balaban J connectivity index is 0.00000529. The number of hydrogen-bond donors (Lipinski definition) is 3. The summed E-state index contributed by atoms with van der Waals surface area (Å²) in [5, 5.41) is 17.0. The highest BCUT2D eigenvalue weighted by molar-refractivity contribution is 14.0. The Kier molecular flexibility index (Phi) is 12.7. The molecule has 1 aromatic heterocycles. The molecule has 0 aliphatic heterocycles. The van der Waals surface area contributed by atoms with E-state index in [1.165, 1.54) is 4.88 Å². The van der Waals surface area contributed by atoms with Gasteiger partial charge in [0, 0.05) is 24.6 Å². The number of aliphatic hydroxyl groups excluding tert-OH is 1. The van der Waals surface area contributed by atoms with Gasteiger partial charge in [0.15, 0.2) is 5.96 Å². The normalized spacial score (nSPS) is 12.9. The summed E-state index contributed by atoms with van der Waals surface area (Å²) >= 11 is 1.71. The van der Waals surface area contributed by atoms with Crippen LogP contribution in [0.3, 0.4) is 0 Å². The highest BCUT2D eigenvalue weighted by Gasteiger charge is 2.11. The lowest BCUT2D eigenvalue weighted by atomic mass is 9.94. The second kappa shape index (κ2) is 12.9. The van der Waals surface area contributed by atoms with Gasteiger partial charge in [-0.3, -0.25) is 0 Å². The molecule has 24 heavy (non-hydrogen) atoms. The third-order valence-electron chi connectivity index (χ3n) is 3.69. The first kappa shape index (κ1) is 23.6. The third kappa shape index (κ3) is 9.17. The summed E-state index contributed by atoms with van der Waals surface area (Å²) in [6.45, 7) is 13.1. The Hall–Kier alpha value is -0.410. The number of rotatable bonds is 9.